The second-order valence-corrected chi connectivity index (χ2v) is 14.6. The van der Waals surface area contributed by atoms with Gasteiger partial charge in [-0.15, -0.1) is 0 Å². The number of aryl methyl sites for hydroxylation is 2. The molecule has 0 aliphatic carbocycles. The number of fused-ring (bicyclic) bond motifs is 2. The highest BCUT2D eigenvalue weighted by Crippen LogP contribution is 2.36. The van der Waals surface area contributed by atoms with Gasteiger partial charge in [-0.1, -0.05) is 105 Å². The molecule has 0 fully saturated rings. The molecule has 8 aromatic carbocycles. The maximum atomic E-state index is 14.9. The highest BCUT2D eigenvalue weighted by Gasteiger charge is 2.21. The first-order valence-corrected chi connectivity index (χ1v) is 19.7. The minimum absolute atomic E-state index is 0.0554. The normalized spacial score (nSPS) is 11.3. The van der Waals surface area contributed by atoms with Gasteiger partial charge in [0.25, 0.3) is 0 Å². The molecule has 0 unspecified atom stereocenters. The van der Waals surface area contributed by atoms with Gasteiger partial charge in [0, 0.05) is 11.1 Å². The van der Waals surface area contributed by atoms with Gasteiger partial charge in [0.15, 0.2) is 34.8 Å². The summed E-state index contributed by atoms with van der Waals surface area (Å²) in [7, 11) is 0. The van der Waals surface area contributed by atoms with Gasteiger partial charge in [0.05, 0.1) is 0 Å². The van der Waals surface area contributed by atoms with Gasteiger partial charge in [-0.2, -0.15) is 17.6 Å². The Morgan fingerprint density at radius 2 is 0.698 bits per heavy atom. The molecule has 8 rings (SSSR count). The third kappa shape index (κ3) is 10.1. The zero-order valence-corrected chi connectivity index (χ0v) is 33.6. The Morgan fingerprint density at radius 1 is 0.365 bits per heavy atom. The monoisotopic (exact) mass is 870 g/mol. The molecule has 322 valence electrons. The molecule has 0 saturated heterocycles. The van der Waals surface area contributed by atoms with Crippen molar-refractivity contribution in [1.29, 1.82) is 0 Å². The van der Waals surface area contributed by atoms with E-state index in [0.717, 1.165) is 76.2 Å². The molecule has 12 heteroatoms. The summed E-state index contributed by atoms with van der Waals surface area (Å²) >= 11 is 0. The molecule has 0 aromatic heterocycles. The van der Waals surface area contributed by atoms with Crippen LogP contribution in [0.5, 0.6) is 11.5 Å². The van der Waals surface area contributed by atoms with Crippen LogP contribution in [0.2, 0.25) is 0 Å². The Bertz CT molecular complexity index is 2900. The standard InChI is InChI=1S/C26H19F5O.C25H17F5O/c1-2-3-15-4-5-17-11-18(7-6-16(17)10-15)19-8-9-21(22(27)12-19)20-13-23(28)25(24(29)14-20)32-26(30)31;1-2-14-3-4-16-10-17(6-5-15(16)9-14)18-7-8-20(21(26)11-18)19-12-22(27)24(23(28)13-19)31-25(29)30/h4-14,26H,2-3H2,1H3;3-13,25H,2H2,1H3. The lowest BCUT2D eigenvalue weighted by Gasteiger charge is -2.11. The molecule has 8 aromatic rings. The van der Waals surface area contributed by atoms with Crippen LogP contribution in [0.15, 0.2) is 133 Å². The third-order valence-corrected chi connectivity index (χ3v) is 10.4. The van der Waals surface area contributed by atoms with E-state index in [1.54, 1.807) is 12.1 Å². The summed E-state index contributed by atoms with van der Waals surface area (Å²) in [6.07, 6.45) is 2.99. The zero-order chi connectivity index (χ0) is 44.9. The summed E-state index contributed by atoms with van der Waals surface area (Å²) < 4.78 is 143. The van der Waals surface area contributed by atoms with E-state index < -0.39 is 59.6 Å². The molecular weight excluding hydrogens is 835 g/mol. The zero-order valence-electron chi connectivity index (χ0n) is 33.6. The Morgan fingerprint density at radius 3 is 1.08 bits per heavy atom. The number of hydrogen-bond acceptors (Lipinski definition) is 2. The topological polar surface area (TPSA) is 18.5 Å². The highest BCUT2D eigenvalue weighted by atomic mass is 19.3. The van der Waals surface area contributed by atoms with E-state index in [-0.39, 0.29) is 22.3 Å². The first-order chi connectivity index (χ1) is 30.2. The first kappa shape index (κ1) is 44.2. The second-order valence-electron chi connectivity index (χ2n) is 14.6. The molecule has 0 radical (unpaired) electrons. The highest BCUT2D eigenvalue weighted by molar-refractivity contribution is 5.89. The predicted octanol–water partition coefficient (Wildman–Crippen LogP) is 15.9. The van der Waals surface area contributed by atoms with Crippen LogP contribution in [-0.4, -0.2) is 13.2 Å². The fraction of sp³-hybridized carbons (Fsp3) is 0.137. The van der Waals surface area contributed by atoms with Gasteiger partial charge < -0.3 is 9.47 Å². The van der Waals surface area contributed by atoms with Crippen LogP contribution >= 0.6 is 0 Å². The van der Waals surface area contributed by atoms with Gasteiger partial charge in [-0.25, -0.2) is 26.3 Å². The average molecular weight is 871 g/mol. The van der Waals surface area contributed by atoms with Gasteiger partial charge in [-0.05, 0) is 127 Å². The lowest BCUT2D eigenvalue weighted by molar-refractivity contribution is -0.0551. The summed E-state index contributed by atoms with van der Waals surface area (Å²) in [4.78, 5) is 0. The van der Waals surface area contributed by atoms with Crippen molar-refractivity contribution >= 4 is 21.5 Å². The smallest absolute Gasteiger partial charge is 0.387 e. The van der Waals surface area contributed by atoms with E-state index in [4.69, 9.17) is 0 Å². The van der Waals surface area contributed by atoms with Crippen molar-refractivity contribution in [2.75, 3.05) is 0 Å². The molecule has 0 saturated carbocycles. The van der Waals surface area contributed by atoms with Crippen LogP contribution in [0.1, 0.15) is 31.4 Å². The van der Waals surface area contributed by atoms with E-state index in [0.29, 0.717) is 11.1 Å². The fourth-order valence-electron chi connectivity index (χ4n) is 7.31. The Balaban J connectivity index is 0.000000189. The summed E-state index contributed by atoms with van der Waals surface area (Å²) in [5.41, 5.74) is 4.92. The Labute approximate surface area is 356 Å². The van der Waals surface area contributed by atoms with Crippen LogP contribution in [0.3, 0.4) is 0 Å². The van der Waals surface area contributed by atoms with Gasteiger partial charge >= 0.3 is 13.2 Å². The summed E-state index contributed by atoms with van der Waals surface area (Å²) in [5, 5.41) is 4.20. The average Bonchev–Trinajstić information content (AvgIpc) is 3.25. The van der Waals surface area contributed by atoms with Crippen LogP contribution in [0.4, 0.5) is 43.9 Å². The van der Waals surface area contributed by atoms with Gasteiger partial charge in [0.1, 0.15) is 11.6 Å². The maximum absolute atomic E-state index is 14.9. The van der Waals surface area contributed by atoms with E-state index in [2.05, 4.69) is 41.5 Å². The number of halogens is 10. The molecule has 0 bridgehead atoms. The Hall–Kier alpha value is -6.82. The largest absolute Gasteiger partial charge is 0.429 e. The molecule has 0 aliphatic heterocycles. The lowest BCUT2D eigenvalue weighted by Crippen LogP contribution is -2.06. The Kier molecular flexibility index (Phi) is 13.4. The van der Waals surface area contributed by atoms with Crippen molar-refractivity contribution in [2.45, 2.75) is 46.3 Å². The molecular formula is C51H36F10O2. The van der Waals surface area contributed by atoms with Crippen molar-refractivity contribution in [3.8, 4) is 56.0 Å². The first-order valence-electron chi connectivity index (χ1n) is 19.7. The molecule has 0 amide bonds. The molecule has 0 aliphatic rings. The number of alkyl halides is 4. The van der Waals surface area contributed by atoms with Crippen molar-refractivity contribution in [1.82, 2.24) is 0 Å². The predicted molar refractivity (Wildman–Crippen MR) is 226 cm³/mol. The minimum Gasteiger partial charge on any atom is -0.429 e. The molecule has 0 heterocycles. The minimum atomic E-state index is -3.37. The summed E-state index contributed by atoms with van der Waals surface area (Å²) in [6.45, 7) is -2.54. The molecule has 63 heavy (non-hydrogen) atoms. The molecule has 0 atom stereocenters. The number of ether oxygens (including phenoxy) is 2. The molecule has 0 N–H and O–H groups in total. The summed E-state index contributed by atoms with van der Waals surface area (Å²) in [5.74, 6) is -9.11. The van der Waals surface area contributed by atoms with Crippen molar-refractivity contribution in [3.63, 3.8) is 0 Å². The third-order valence-electron chi connectivity index (χ3n) is 10.4. The summed E-state index contributed by atoms with van der Waals surface area (Å²) in [6, 6.07) is 35.7. The van der Waals surface area contributed by atoms with E-state index >= 15 is 0 Å². The van der Waals surface area contributed by atoms with Crippen molar-refractivity contribution in [3.05, 3.63) is 179 Å². The SMILES string of the molecule is CCCc1ccc2cc(-c3ccc(-c4cc(F)c(OC(F)F)c(F)c4)c(F)c3)ccc2c1.CCc1ccc2cc(-c3ccc(-c4cc(F)c(OC(F)F)c(F)c4)c(F)c3)ccc2c1. The second kappa shape index (κ2) is 19.1. The lowest BCUT2D eigenvalue weighted by atomic mass is 9.96. The maximum Gasteiger partial charge on any atom is 0.387 e. The van der Waals surface area contributed by atoms with Crippen LogP contribution in [0.25, 0.3) is 66.1 Å². The number of rotatable bonds is 11. The van der Waals surface area contributed by atoms with E-state index in [1.807, 2.05) is 54.6 Å². The number of benzene rings is 8. The van der Waals surface area contributed by atoms with E-state index in [9.17, 15) is 43.9 Å². The van der Waals surface area contributed by atoms with Gasteiger partial charge in [0.2, 0.25) is 0 Å². The quantitative estimate of drug-likeness (QED) is 0.121. The van der Waals surface area contributed by atoms with E-state index in [1.165, 1.54) is 35.4 Å². The van der Waals surface area contributed by atoms with Crippen LogP contribution in [-0.2, 0) is 12.8 Å². The van der Waals surface area contributed by atoms with Crippen molar-refractivity contribution < 1.29 is 53.4 Å². The fourth-order valence-corrected chi connectivity index (χ4v) is 7.31. The van der Waals surface area contributed by atoms with Gasteiger partial charge in [-0.3, -0.25) is 0 Å². The van der Waals surface area contributed by atoms with Crippen LogP contribution < -0.4 is 9.47 Å². The molecule has 2 nitrogen and oxygen atoms in total. The van der Waals surface area contributed by atoms with Crippen LogP contribution in [0, 0.1) is 34.9 Å². The molecule has 0 spiro atoms. The number of hydrogen-bond donors (Lipinski definition) is 0. The van der Waals surface area contributed by atoms with Crippen molar-refractivity contribution in [2.24, 2.45) is 0 Å².